The van der Waals surface area contributed by atoms with E-state index in [0.717, 1.165) is 0 Å². The maximum atomic E-state index is 2.40. The van der Waals surface area contributed by atoms with Gasteiger partial charge in [-0.25, -0.2) is 0 Å². The minimum atomic E-state index is 0.401. The third-order valence-electron chi connectivity index (χ3n) is 5.63. The first kappa shape index (κ1) is 21.6. The fraction of sp³-hybridized carbons (Fsp3) is 0.538. The van der Waals surface area contributed by atoms with Crippen LogP contribution in [0.5, 0.6) is 0 Å². The molecule has 0 aliphatic carbocycles. The molecule has 0 radical (unpaired) electrons. The van der Waals surface area contributed by atoms with Gasteiger partial charge in [-0.2, -0.15) is 0 Å². The van der Waals surface area contributed by atoms with Crippen molar-refractivity contribution in [1.82, 2.24) is 0 Å². The van der Waals surface area contributed by atoms with E-state index in [9.17, 15) is 0 Å². The average Bonchev–Trinajstić information content (AvgIpc) is 3.24. The van der Waals surface area contributed by atoms with Gasteiger partial charge in [-0.3, -0.25) is 0 Å². The molecule has 0 saturated heterocycles. The molecule has 0 fully saturated rings. The molecule has 3 rings (SSSR count). The molecule has 1 atom stereocenters. The molecule has 28 heavy (non-hydrogen) atoms. The summed E-state index contributed by atoms with van der Waals surface area (Å²) in [7, 11) is 0. The van der Waals surface area contributed by atoms with Crippen molar-refractivity contribution in [2.24, 2.45) is 5.41 Å². The molecule has 0 aliphatic rings. The Hall–Kier alpha value is -1.12. The van der Waals surface area contributed by atoms with Gasteiger partial charge in [0.15, 0.2) is 0 Å². The molecular weight excluding hydrogens is 376 g/mol. The quantitative estimate of drug-likeness (QED) is 0.291. The van der Waals surface area contributed by atoms with E-state index < -0.39 is 0 Å². The normalized spacial score (nSPS) is 13.3. The van der Waals surface area contributed by atoms with Crippen LogP contribution >= 0.6 is 22.7 Å². The Morgan fingerprint density at radius 2 is 1.57 bits per heavy atom. The summed E-state index contributed by atoms with van der Waals surface area (Å²) in [5.41, 5.74) is 3.43. The van der Waals surface area contributed by atoms with Crippen LogP contribution in [0.25, 0.3) is 9.40 Å². The lowest BCUT2D eigenvalue weighted by atomic mass is 9.80. The standard InChI is InChI=1S/C26H36S2/c1-5-21(19-26(2,3)4)22-14-12-20(13-15-22)10-8-6-7-9-11-23-18-25-24(28-23)16-17-27-25/h12-18,21H,5-11,19H2,1-4H3. The molecule has 2 heterocycles. The summed E-state index contributed by atoms with van der Waals surface area (Å²) in [6.07, 6.45) is 10.3. The van der Waals surface area contributed by atoms with Crippen LogP contribution in [0.1, 0.15) is 88.1 Å². The highest BCUT2D eigenvalue weighted by Crippen LogP contribution is 2.33. The number of fused-ring (bicyclic) bond motifs is 1. The largest absolute Gasteiger partial charge is 0.143 e. The summed E-state index contributed by atoms with van der Waals surface area (Å²) in [6.45, 7) is 9.38. The van der Waals surface area contributed by atoms with E-state index in [-0.39, 0.29) is 0 Å². The Morgan fingerprint density at radius 3 is 2.21 bits per heavy atom. The number of rotatable bonds is 10. The van der Waals surface area contributed by atoms with Crippen LogP contribution in [0.4, 0.5) is 0 Å². The van der Waals surface area contributed by atoms with Crippen LogP contribution in [-0.4, -0.2) is 0 Å². The number of aryl methyl sites for hydroxylation is 2. The van der Waals surface area contributed by atoms with E-state index >= 15 is 0 Å². The summed E-state index contributed by atoms with van der Waals surface area (Å²) in [5, 5.41) is 2.20. The zero-order valence-electron chi connectivity index (χ0n) is 18.1. The van der Waals surface area contributed by atoms with Crippen molar-refractivity contribution in [3.63, 3.8) is 0 Å². The van der Waals surface area contributed by atoms with Crippen LogP contribution in [-0.2, 0) is 12.8 Å². The van der Waals surface area contributed by atoms with Gasteiger partial charge in [-0.1, -0.05) is 64.8 Å². The van der Waals surface area contributed by atoms with Gasteiger partial charge in [-0.15, -0.1) is 22.7 Å². The van der Waals surface area contributed by atoms with Crippen LogP contribution in [0, 0.1) is 5.41 Å². The summed E-state index contributed by atoms with van der Waals surface area (Å²) in [5.74, 6) is 0.696. The lowest BCUT2D eigenvalue weighted by molar-refractivity contribution is 0.335. The molecule has 2 heteroatoms. The number of hydrogen-bond acceptors (Lipinski definition) is 2. The van der Waals surface area contributed by atoms with Gasteiger partial charge in [-0.05, 0) is 78.5 Å². The highest BCUT2D eigenvalue weighted by molar-refractivity contribution is 7.26. The molecule has 3 aromatic rings. The van der Waals surface area contributed by atoms with Crippen LogP contribution in [0.15, 0.2) is 41.8 Å². The first-order chi connectivity index (χ1) is 13.4. The molecule has 0 saturated carbocycles. The first-order valence-corrected chi connectivity index (χ1v) is 12.7. The predicted octanol–water partition coefficient (Wildman–Crippen LogP) is 9.24. The Morgan fingerprint density at radius 1 is 0.857 bits per heavy atom. The molecule has 0 spiro atoms. The van der Waals surface area contributed by atoms with Crippen LogP contribution in [0.3, 0.4) is 0 Å². The Labute approximate surface area is 180 Å². The Bertz CT molecular complexity index is 801. The molecule has 0 bridgehead atoms. The third kappa shape index (κ3) is 6.46. The highest BCUT2D eigenvalue weighted by Gasteiger charge is 2.18. The van der Waals surface area contributed by atoms with Gasteiger partial charge >= 0.3 is 0 Å². The molecule has 0 N–H and O–H groups in total. The molecular formula is C26H36S2. The molecule has 0 nitrogen and oxygen atoms in total. The van der Waals surface area contributed by atoms with Crippen LogP contribution in [0.2, 0.25) is 0 Å². The van der Waals surface area contributed by atoms with Gasteiger partial charge in [0.25, 0.3) is 0 Å². The lowest BCUT2D eigenvalue weighted by Gasteiger charge is -2.25. The third-order valence-corrected chi connectivity index (χ3v) is 7.78. The number of benzene rings is 1. The Kier molecular flexibility index (Phi) is 7.77. The van der Waals surface area contributed by atoms with Gasteiger partial charge in [0.05, 0.1) is 0 Å². The van der Waals surface area contributed by atoms with Gasteiger partial charge in [0.2, 0.25) is 0 Å². The number of hydrogen-bond donors (Lipinski definition) is 0. The average molecular weight is 413 g/mol. The SMILES string of the molecule is CCC(CC(C)(C)C)c1ccc(CCCCCCc2cc3sccc3s2)cc1. The van der Waals surface area contributed by atoms with E-state index in [1.807, 2.05) is 22.7 Å². The molecule has 0 aliphatic heterocycles. The van der Waals surface area contributed by atoms with Crippen molar-refractivity contribution >= 4 is 32.1 Å². The topological polar surface area (TPSA) is 0 Å². The molecule has 2 aromatic heterocycles. The van der Waals surface area contributed by atoms with Gasteiger partial charge in [0.1, 0.15) is 0 Å². The van der Waals surface area contributed by atoms with Gasteiger partial charge < -0.3 is 0 Å². The Balaban J connectivity index is 1.36. The second-order valence-electron chi connectivity index (χ2n) is 9.39. The lowest BCUT2D eigenvalue weighted by Crippen LogP contribution is -2.11. The summed E-state index contributed by atoms with van der Waals surface area (Å²) < 4.78 is 2.94. The van der Waals surface area contributed by atoms with Crippen molar-refractivity contribution < 1.29 is 0 Å². The second-order valence-corrected chi connectivity index (χ2v) is 11.5. The highest BCUT2D eigenvalue weighted by atomic mass is 32.1. The zero-order valence-corrected chi connectivity index (χ0v) is 19.7. The number of thiophene rings is 2. The summed E-state index contributed by atoms with van der Waals surface area (Å²) >= 11 is 3.85. The minimum Gasteiger partial charge on any atom is -0.143 e. The first-order valence-electron chi connectivity index (χ1n) is 11.0. The molecule has 1 unspecified atom stereocenters. The van der Waals surface area contributed by atoms with E-state index in [2.05, 4.69) is 69.5 Å². The molecule has 0 amide bonds. The zero-order chi connectivity index (χ0) is 20.0. The van der Waals surface area contributed by atoms with E-state index in [1.165, 1.54) is 71.9 Å². The maximum absolute atomic E-state index is 2.40. The second kappa shape index (κ2) is 10.1. The van der Waals surface area contributed by atoms with Crippen molar-refractivity contribution in [3.8, 4) is 0 Å². The van der Waals surface area contributed by atoms with E-state index in [0.29, 0.717) is 11.3 Å². The van der Waals surface area contributed by atoms with E-state index in [1.54, 1.807) is 4.88 Å². The fourth-order valence-electron chi connectivity index (χ4n) is 4.11. The van der Waals surface area contributed by atoms with Crippen molar-refractivity contribution in [3.05, 3.63) is 57.8 Å². The molecule has 1 aromatic carbocycles. The minimum absolute atomic E-state index is 0.401. The number of unbranched alkanes of at least 4 members (excludes halogenated alkanes) is 3. The predicted molar refractivity (Wildman–Crippen MR) is 129 cm³/mol. The van der Waals surface area contributed by atoms with Gasteiger partial charge in [0, 0.05) is 14.3 Å². The fourth-order valence-corrected chi connectivity index (χ4v) is 6.29. The van der Waals surface area contributed by atoms with Crippen LogP contribution < -0.4 is 0 Å². The van der Waals surface area contributed by atoms with Crippen molar-refractivity contribution in [2.75, 3.05) is 0 Å². The molecule has 152 valence electrons. The van der Waals surface area contributed by atoms with Crippen molar-refractivity contribution in [1.29, 1.82) is 0 Å². The summed E-state index contributed by atoms with van der Waals surface area (Å²) in [6, 6.07) is 14.2. The summed E-state index contributed by atoms with van der Waals surface area (Å²) in [4.78, 5) is 1.57. The smallest absolute Gasteiger partial charge is 0.0453 e. The monoisotopic (exact) mass is 412 g/mol. The van der Waals surface area contributed by atoms with Crippen molar-refractivity contribution in [2.45, 2.75) is 85.0 Å². The van der Waals surface area contributed by atoms with E-state index in [4.69, 9.17) is 0 Å². The maximum Gasteiger partial charge on any atom is 0.0453 e.